The zero-order chi connectivity index (χ0) is 40.9. The predicted octanol–water partition coefficient (Wildman–Crippen LogP) is 14.3. The third-order valence-corrected chi connectivity index (χ3v) is 13.6. The monoisotopic (exact) mass is 800 g/mol. The molecule has 0 radical (unpaired) electrons. The molecule has 290 valence electrons. The second-order valence-corrected chi connectivity index (χ2v) is 16.7. The zero-order valence-electron chi connectivity index (χ0n) is 33.7. The highest BCUT2D eigenvalue weighted by Crippen LogP contribution is 2.47. The summed E-state index contributed by atoms with van der Waals surface area (Å²) in [4.78, 5) is 16.6. The third-order valence-electron chi connectivity index (χ3n) is 13.6. The van der Waals surface area contributed by atoms with Crippen molar-refractivity contribution in [2.24, 2.45) is 0 Å². The maximum atomic E-state index is 5.55. The summed E-state index contributed by atoms with van der Waals surface area (Å²) in [5.74, 6) is 1.75. The topological polar surface area (TPSA) is 52.9 Å². The first kappa shape index (κ1) is 33.1. The Bertz CT molecular complexity index is 4210. The van der Waals surface area contributed by atoms with Crippen molar-refractivity contribution in [1.82, 2.24) is 28.5 Å². The number of fused-ring (bicyclic) bond motifs is 13. The van der Waals surface area contributed by atoms with Crippen LogP contribution in [-0.4, -0.2) is 28.5 Å². The molecule has 0 unspecified atom stereocenters. The second kappa shape index (κ2) is 12.0. The molecule has 0 aliphatic rings. The van der Waals surface area contributed by atoms with Gasteiger partial charge in [0, 0.05) is 59.4 Å². The Hall–Kier alpha value is -8.61. The van der Waals surface area contributed by atoms with Gasteiger partial charge in [-0.3, -0.25) is 9.13 Å². The molecule has 0 saturated heterocycles. The molecule has 9 aromatic carbocycles. The summed E-state index contributed by atoms with van der Waals surface area (Å²) in [6.07, 6.45) is 0. The van der Waals surface area contributed by atoms with Crippen LogP contribution in [0, 0.1) is 0 Å². The first-order valence-corrected chi connectivity index (χ1v) is 21.5. The molecular weight excluding hydrogens is 769 g/mol. The molecule has 0 aliphatic heterocycles. The summed E-state index contributed by atoms with van der Waals surface area (Å²) in [5, 5.41) is 16.6. The number of rotatable bonds is 3. The van der Waals surface area contributed by atoms with Gasteiger partial charge in [-0.25, -0.2) is 0 Å². The van der Waals surface area contributed by atoms with Crippen molar-refractivity contribution in [1.29, 1.82) is 0 Å². The van der Waals surface area contributed by atoms with Crippen molar-refractivity contribution >= 4 is 114 Å². The first-order valence-electron chi connectivity index (χ1n) is 21.5. The van der Waals surface area contributed by atoms with Gasteiger partial charge in [0.25, 0.3) is 0 Å². The minimum Gasteiger partial charge on any atom is -0.307 e. The van der Waals surface area contributed by atoms with Gasteiger partial charge in [0.15, 0.2) is 5.82 Å². The number of benzene rings is 9. The van der Waals surface area contributed by atoms with Crippen LogP contribution in [0.25, 0.3) is 137 Å². The molecule has 6 heterocycles. The number of hydrogen-bond donors (Lipinski definition) is 0. The van der Waals surface area contributed by atoms with E-state index in [0.717, 1.165) is 59.9 Å². The minimum absolute atomic E-state index is 0.566. The fourth-order valence-electron chi connectivity index (χ4n) is 11.1. The highest BCUT2D eigenvalue weighted by atomic mass is 15.3. The Balaban J connectivity index is 1.15. The molecule has 0 spiro atoms. The lowest BCUT2D eigenvalue weighted by Gasteiger charge is -2.13. The largest absolute Gasteiger partial charge is 0.307 e. The summed E-state index contributed by atoms with van der Waals surface area (Å²) in [6.45, 7) is 0. The summed E-state index contributed by atoms with van der Waals surface area (Å²) in [5.41, 5.74) is 8.70. The van der Waals surface area contributed by atoms with Crippen molar-refractivity contribution < 1.29 is 0 Å². The highest BCUT2D eigenvalue weighted by molar-refractivity contribution is 6.34. The van der Waals surface area contributed by atoms with Crippen LogP contribution in [0.5, 0.6) is 0 Å². The van der Waals surface area contributed by atoms with E-state index in [4.69, 9.17) is 15.0 Å². The maximum Gasteiger partial charge on any atom is 0.240 e. The molecule has 0 amide bonds. The van der Waals surface area contributed by atoms with Gasteiger partial charge in [0.05, 0.1) is 38.6 Å². The molecule has 15 aromatic rings. The van der Waals surface area contributed by atoms with Gasteiger partial charge in [-0.05, 0) is 51.9 Å². The number of aromatic nitrogens is 6. The van der Waals surface area contributed by atoms with E-state index < -0.39 is 0 Å². The standard InChI is InChI=1S/C57H32N6/c1-3-17-35-33(15-1)34-16-2-4-18-36(34)42-24-14-26-45-51-46(32-31-44-43-25-13-23-41(35)52(43)63(53(42)45)54(44)51)55-58-56(61-47-27-9-5-19-37(47)38-20-6-10-28-48(38)61)60-57(59-55)62-49-29-11-7-21-39(49)40-22-8-12-30-50(40)62/h1-32H. The highest BCUT2D eigenvalue weighted by Gasteiger charge is 2.26. The molecule has 63 heavy (non-hydrogen) atoms. The van der Waals surface area contributed by atoms with Gasteiger partial charge in [-0.2, -0.15) is 15.0 Å². The third kappa shape index (κ3) is 4.24. The van der Waals surface area contributed by atoms with Crippen LogP contribution < -0.4 is 0 Å². The maximum absolute atomic E-state index is 5.55. The molecular formula is C57H32N6. The lowest BCUT2D eigenvalue weighted by atomic mass is 10.00. The number of nitrogens with zero attached hydrogens (tertiary/aromatic N) is 6. The predicted molar refractivity (Wildman–Crippen MR) is 261 cm³/mol. The van der Waals surface area contributed by atoms with Crippen LogP contribution in [0.4, 0.5) is 0 Å². The van der Waals surface area contributed by atoms with Crippen LogP contribution in [0.2, 0.25) is 0 Å². The lowest BCUT2D eigenvalue weighted by Crippen LogP contribution is -2.10. The molecule has 6 heteroatoms. The average molecular weight is 801 g/mol. The molecule has 0 fully saturated rings. The summed E-state index contributed by atoms with van der Waals surface area (Å²) >= 11 is 0. The Morgan fingerprint density at radius 3 is 1.05 bits per heavy atom. The SMILES string of the molecule is c1ccc2c(c1)c1ccccc1c1cccc3c4c(-c5nc(-n6c7ccccc7c7ccccc76)nc(-n6c7ccccc7c7ccccc76)n5)ccc5c6cccc2c6n(c13)c54. The van der Waals surface area contributed by atoms with Crippen molar-refractivity contribution in [3.05, 3.63) is 194 Å². The summed E-state index contributed by atoms with van der Waals surface area (Å²) in [7, 11) is 0. The van der Waals surface area contributed by atoms with E-state index in [-0.39, 0.29) is 0 Å². The fourth-order valence-corrected chi connectivity index (χ4v) is 11.1. The van der Waals surface area contributed by atoms with E-state index in [1.807, 2.05) is 0 Å². The van der Waals surface area contributed by atoms with E-state index in [1.165, 1.54) is 59.6 Å². The minimum atomic E-state index is 0.566. The van der Waals surface area contributed by atoms with Crippen LogP contribution >= 0.6 is 0 Å². The van der Waals surface area contributed by atoms with Crippen molar-refractivity contribution in [2.45, 2.75) is 0 Å². The first-order chi connectivity index (χ1) is 31.3. The van der Waals surface area contributed by atoms with E-state index in [2.05, 4.69) is 208 Å². The number of hydrogen-bond acceptors (Lipinski definition) is 3. The van der Waals surface area contributed by atoms with E-state index in [0.29, 0.717) is 17.7 Å². The smallest absolute Gasteiger partial charge is 0.240 e. The Kier molecular flexibility index (Phi) is 6.33. The fraction of sp³-hybridized carbons (Fsp3) is 0. The Morgan fingerprint density at radius 1 is 0.254 bits per heavy atom. The Morgan fingerprint density at radius 2 is 0.587 bits per heavy atom. The normalized spacial score (nSPS) is 12.4. The lowest BCUT2D eigenvalue weighted by molar-refractivity contribution is 0.893. The van der Waals surface area contributed by atoms with E-state index in [9.17, 15) is 0 Å². The molecule has 15 rings (SSSR count). The van der Waals surface area contributed by atoms with Gasteiger partial charge in [0.2, 0.25) is 11.9 Å². The molecule has 0 saturated carbocycles. The zero-order valence-corrected chi connectivity index (χ0v) is 33.7. The van der Waals surface area contributed by atoms with Crippen LogP contribution in [0.3, 0.4) is 0 Å². The average Bonchev–Trinajstić information content (AvgIpc) is 4.09. The molecule has 6 nitrogen and oxygen atoms in total. The molecule has 6 aromatic heterocycles. The summed E-state index contributed by atoms with van der Waals surface area (Å²) in [6, 6.07) is 70.1. The van der Waals surface area contributed by atoms with Gasteiger partial charge < -0.3 is 4.40 Å². The van der Waals surface area contributed by atoms with Crippen LogP contribution in [0.15, 0.2) is 194 Å². The quantitative estimate of drug-likeness (QED) is 0.179. The Labute approximate surface area is 358 Å². The van der Waals surface area contributed by atoms with Gasteiger partial charge in [0.1, 0.15) is 0 Å². The van der Waals surface area contributed by atoms with Crippen molar-refractivity contribution in [3.8, 4) is 23.3 Å². The van der Waals surface area contributed by atoms with Gasteiger partial charge in [-0.15, -0.1) is 0 Å². The van der Waals surface area contributed by atoms with E-state index >= 15 is 0 Å². The molecule has 0 atom stereocenters. The molecule has 0 aliphatic carbocycles. The summed E-state index contributed by atoms with van der Waals surface area (Å²) < 4.78 is 6.97. The van der Waals surface area contributed by atoms with Crippen molar-refractivity contribution in [2.75, 3.05) is 0 Å². The van der Waals surface area contributed by atoms with Crippen LogP contribution in [-0.2, 0) is 0 Å². The van der Waals surface area contributed by atoms with Crippen molar-refractivity contribution in [3.63, 3.8) is 0 Å². The van der Waals surface area contributed by atoms with E-state index in [1.54, 1.807) is 0 Å². The van der Waals surface area contributed by atoms with Gasteiger partial charge in [-0.1, -0.05) is 164 Å². The molecule has 0 N–H and O–H groups in total. The van der Waals surface area contributed by atoms with Gasteiger partial charge >= 0.3 is 0 Å². The second-order valence-electron chi connectivity index (χ2n) is 16.7. The van der Waals surface area contributed by atoms with Crippen LogP contribution in [0.1, 0.15) is 0 Å². The molecule has 0 bridgehead atoms. The number of para-hydroxylation sites is 6.